The minimum atomic E-state index is -3.78. The summed E-state index contributed by atoms with van der Waals surface area (Å²) >= 11 is 0. The van der Waals surface area contributed by atoms with E-state index in [4.69, 9.17) is 10.5 Å². The molecule has 4 N–H and O–H groups in total. The summed E-state index contributed by atoms with van der Waals surface area (Å²) < 4.78 is 47.2. The summed E-state index contributed by atoms with van der Waals surface area (Å²) in [6.45, 7) is 5.32. The number of anilines is 3. The standard InChI is InChI=1S/C33H36FN5O5S/c1-19(2)45(42,43)29-12-9-23(38-33(41)44-4)18-26(29)28-6-5-15-39(28)32(40)30(25-16-20(3)7-11-27(25)34)37-22-8-10-24-21(17-22)13-14-36-31(24)35/h7-14,16-19,28,30,37H,5-6,15H2,1-4H3,(H2,35,36)(H,38,41)/t28-,30-/m1/s1. The number of hydrogen-bond donors (Lipinski definition) is 3. The van der Waals surface area contributed by atoms with Crippen LogP contribution in [0.25, 0.3) is 10.8 Å². The highest BCUT2D eigenvalue weighted by Gasteiger charge is 2.38. The number of nitrogens with one attached hydrogen (secondary N) is 2. The zero-order valence-corrected chi connectivity index (χ0v) is 26.3. The number of hydrogen-bond acceptors (Lipinski definition) is 8. The van der Waals surface area contributed by atoms with Crippen LogP contribution < -0.4 is 16.4 Å². The van der Waals surface area contributed by atoms with E-state index in [2.05, 4.69) is 15.6 Å². The second-order valence-corrected chi connectivity index (χ2v) is 13.9. The Labute approximate surface area is 261 Å². The van der Waals surface area contributed by atoms with Crippen LogP contribution in [0.5, 0.6) is 0 Å². The van der Waals surface area contributed by atoms with Gasteiger partial charge in [0.15, 0.2) is 9.84 Å². The Morgan fingerprint density at radius 3 is 2.56 bits per heavy atom. The fourth-order valence-electron chi connectivity index (χ4n) is 5.70. The van der Waals surface area contributed by atoms with Gasteiger partial charge in [-0.15, -0.1) is 0 Å². The number of carbonyl (C=O) groups is 2. The summed E-state index contributed by atoms with van der Waals surface area (Å²) in [6, 6.07) is 14.5. The van der Waals surface area contributed by atoms with Gasteiger partial charge in [-0.25, -0.2) is 22.6 Å². The first-order valence-corrected chi connectivity index (χ1v) is 16.2. The molecule has 3 aromatic carbocycles. The fourth-order valence-corrected chi connectivity index (χ4v) is 6.99. The third-order valence-corrected chi connectivity index (χ3v) is 10.3. The molecule has 1 fully saturated rings. The van der Waals surface area contributed by atoms with Crippen LogP contribution in [-0.2, 0) is 19.4 Å². The normalized spacial score (nSPS) is 15.7. The van der Waals surface area contributed by atoms with Crippen LogP contribution in [0, 0.1) is 12.7 Å². The molecule has 0 spiro atoms. The van der Waals surface area contributed by atoms with Gasteiger partial charge >= 0.3 is 6.09 Å². The molecule has 0 radical (unpaired) electrons. The van der Waals surface area contributed by atoms with E-state index < -0.39 is 45.0 Å². The molecule has 1 aromatic heterocycles. The highest BCUT2D eigenvalue weighted by atomic mass is 32.2. The molecule has 45 heavy (non-hydrogen) atoms. The molecule has 236 valence electrons. The summed E-state index contributed by atoms with van der Waals surface area (Å²) in [6.07, 6.45) is 1.94. The lowest BCUT2D eigenvalue weighted by atomic mass is 9.99. The van der Waals surface area contributed by atoms with Gasteiger partial charge in [0.05, 0.1) is 23.3 Å². The third-order valence-electron chi connectivity index (χ3n) is 8.08. The first kappa shape index (κ1) is 31.7. The Hall–Kier alpha value is -4.71. The van der Waals surface area contributed by atoms with Crippen molar-refractivity contribution in [3.8, 4) is 0 Å². The van der Waals surface area contributed by atoms with Crippen molar-refractivity contribution in [2.75, 3.05) is 30.0 Å². The summed E-state index contributed by atoms with van der Waals surface area (Å²) in [5.41, 5.74) is 8.23. The van der Waals surface area contributed by atoms with E-state index in [1.54, 1.807) is 61.3 Å². The maximum absolute atomic E-state index is 15.4. The number of halogens is 1. The lowest BCUT2D eigenvalue weighted by Gasteiger charge is -2.32. The third kappa shape index (κ3) is 6.41. The largest absolute Gasteiger partial charge is 0.453 e. The van der Waals surface area contributed by atoms with E-state index in [0.717, 1.165) is 16.3 Å². The monoisotopic (exact) mass is 633 g/mol. The number of methoxy groups -OCH3 is 1. The number of carbonyl (C=O) groups excluding carboxylic acids is 2. The second-order valence-electron chi connectivity index (χ2n) is 11.4. The van der Waals surface area contributed by atoms with Gasteiger partial charge in [-0.1, -0.05) is 17.7 Å². The second kappa shape index (κ2) is 12.7. The highest BCUT2D eigenvalue weighted by molar-refractivity contribution is 7.92. The first-order valence-electron chi connectivity index (χ1n) is 14.6. The molecule has 1 aliphatic heterocycles. The van der Waals surface area contributed by atoms with E-state index in [1.807, 2.05) is 13.0 Å². The van der Waals surface area contributed by atoms with Crippen LogP contribution in [0.4, 0.5) is 26.4 Å². The lowest BCUT2D eigenvalue weighted by molar-refractivity contribution is -0.133. The van der Waals surface area contributed by atoms with Crippen LogP contribution in [0.15, 0.2) is 71.8 Å². The number of sulfone groups is 1. The van der Waals surface area contributed by atoms with Crippen LogP contribution >= 0.6 is 0 Å². The number of nitrogens with zero attached hydrogens (tertiary/aromatic N) is 2. The van der Waals surface area contributed by atoms with Crippen molar-refractivity contribution in [1.82, 2.24) is 9.88 Å². The van der Waals surface area contributed by atoms with Crippen LogP contribution in [0.3, 0.4) is 0 Å². The van der Waals surface area contributed by atoms with Crippen molar-refractivity contribution in [3.05, 3.63) is 89.4 Å². The smallest absolute Gasteiger partial charge is 0.411 e. The number of rotatable bonds is 8. The molecule has 5 rings (SSSR count). The Morgan fingerprint density at radius 1 is 1.07 bits per heavy atom. The average molecular weight is 634 g/mol. The zero-order chi connectivity index (χ0) is 32.5. The predicted octanol–water partition coefficient (Wildman–Crippen LogP) is 6.14. The summed E-state index contributed by atoms with van der Waals surface area (Å²) in [7, 11) is -2.55. The predicted molar refractivity (Wildman–Crippen MR) is 172 cm³/mol. The summed E-state index contributed by atoms with van der Waals surface area (Å²) in [5.74, 6) is -0.605. The van der Waals surface area contributed by atoms with Gasteiger partial charge in [-0.05, 0) is 93.1 Å². The van der Waals surface area contributed by atoms with Gasteiger partial charge in [0.2, 0.25) is 5.91 Å². The molecule has 0 unspecified atom stereocenters. The van der Waals surface area contributed by atoms with Gasteiger partial charge in [0.1, 0.15) is 17.7 Å². The molecule has 0 bridgehead atoms. The SMILES string of the molecule is COC(=O)Nc1ccc(S(=O)(=O)C(C)C)c([C@H]2CCCN2C(=O)[C@H](Nc2ccc3c(N)nccc3c2)c2cc(C)ccc2F)c1. The average Bonchev–Trinajstić information content (AvgIpc) is 3.51. The molecular formula is C33H36FN5O5S. The van der Waals surface area contributed by atoms with Gasteiger partial charge in [-0.3, -0.25) is 10.1 Å². The lowest BCUT2D eigenvalue weighted by Crippen LogP contribution is -2.38. The Balaban J connectivity index is 1.59. The maximum atomic E-state index is 15.4. The molecule has 0 aliphatic carbocycles. The molecule has 2 heterocycles. The number of likely N-dealkylation sites (tertiary alicyclic amines) is 1. The van der Waals surface area contributed by atoms with Crippen molar-refractivity contribution < 1.29 is 27.1 Å². The van der Waals surface area contributed by atoms with Gasteiger partial charge in [0.25, 0.3) is 0 Å². The molecular weight excluding hydrogens is 597 g/mol. The molecule has 10 nitrogen and oxygen atoms in total. The minimum Gasteiger partial charge on any atom is -0.453 e. The number of nitrogens with two attached hydrogens (primary N) is 1. The van der Waals surface area contributed by atoms with Gasteiger partial charge in [-0.2, -0.15) is 0 Å². The molecule has 12 heteroatoms. The number of amides is 2. The van der Waals surface area contributed by atoms with Gasteiger partial charge in [0, 0.05) is 35.1 Å². The molecule has 0 saturated carbocycles. The molecule has 1 aliphatic rings. The van der Waals surface area contributed by atoms with E-state index in [1.165, 1.54) is 25.3 Å². The van der Waals surface area contributed by atoms with Crippen LogP contribution in [0.2, 0.25) is 0 Å². The molecule has 1 saturated heterocycles. The Kier molecular flexibility index (Phi) is 8.96. The quantitative estimate of drug-likeness (QED) is 0.210. The van der Waals surface area contributed by atoms with Crippen LogP contribution in [0.1, 0.15) is 55.5 Å². The Morgan fingerprint density at radius 2 is 1.82 bits per heavy atom. The van der Waals surface area contributed by atoms with Crippen molar-refractivity contribution >= 4 is 49.8 Å². The number of aryl methyl sites for hydroxylation is 1. The van der Waals surface area contributed by atoms with E-state index >= 15 is 4.39 Å². The first-order chi connectivity index (χ1) is 21.4. The van der Waals surface area contributed by atoms with Crippen molar-refractivity contribution in [2.45, 2.75) is 55.8 Å². The minimum absolute atomic E-state index is 0.0737. The number of nitrogen functional groups attached to an aromatic ring is 1. The molecule has 2 amide bonds. The number of fused-ring (bicyclic) bond motifs is 1. The van der Waals surface area contributed by atoms with Crippen molar-refractivity contribution in [2.24, 2.45) is 0 Å². The zero-order valence-electron chi connectivity index (χ0n) is 25.5. The van der Waals surface area contributed by atoms with Crippen LogP contribution in [-0.4, -0.2) is 49.2 Å². The number of pyridine rings is 1. The molecule has 2 atom stereocenters. The number of ether oxygens (including phenoxy) is 1. The van der Waals surface area contributed by atoms with Gasteiger partial charge < -0.3 is 20.7 Å². The summed E-state index contributed by atoms with van der Waals surface area (Å²) in [5, 5.41) is 6.64. The highest BCUT2D eigenvalue weighted by Crippen LogP contribution is 2.40. The van der Waals surface area contributed by atoms with Crippen molar-refractivity contribution in [1.29, 1.82) is 0 Å². The number of aromatic nitrogens is 1. The maximum Gasteiger partial charge on any atom is 0.411 e. The topological polar surface area (TPSA) is 144 Å². The number of benzene rings is 3. The fraction of sp³-hybridized carbons (Fsp3) is 0.303. The van der Waals surface area contributed by atoms with E-state index in [9.17, 15) is 18.0 Å². The van der Waals surface area contributed by atoms with E-state index in [-0.39, 0.29) is 10.5 Å². The van der Waals surface area contributed by atoms with Crippen molar-refractivity contribution in [3.63, 3.8) is 0 Å². The van der Waals surface area contributed by atoms with E-state index in [0.29, 0.717) is 42.1 Å². The Bertz CT molecular complexity index is 1880. The summed E-state index contributed by atoms with van der Waals surface area (Å²) in [4.78, 5) is 32.3. The molecule has 4 aromatic rings.